The van der Waals surface area contributed by atoms with Crippen LogP contribution in [0, 0.1) is 11.8 Å². The summed E-state index contributed by atoms with van der Waals surface area (Å²) in [5, 5.41) is 6.59. The van der Waals surface area contributed by atoms with Gasteiger partial charge in [-0.1, -0.05) is 32.9 Å². The van der Waals surface area contributed by atoms with E-state index in [0.29, 0.717) is 24.8 Å². The van der Waals surface area contributed by atoms with Gasteiger partial charge in [0.1, 0.15) is 0 Å². The molecule has 0 radical (unpaired) electrons. The van der Waals surface area contributed by atoms with Gasteiger partial charge in [-0.25, -0.2) is 0 Å². The second-order valence-corrected chi connectivity index (χ2v) is 6.84. The van der Waals surface area contributed by atoms with E-state index in [1.165, 1.54) is 6.26 Å². The quantitative estimate of drug-likeness (QED) is 0.793. The van der Waals surface area contributed by atoms with Crippen LogP contribution in [-0.2, 0) is 6.54 Å². The highest BCUT2D eigenvalue weighted by molar-refractivity contribution is 5.92. The number of carbonyl (C=O) groups excluding carboxylic acids is 2. The summed E-state index contributed by atoms with van der Waals surface area (Å²) in [6.07, 6.45) is 1.46. The molecule has 0 unspecified atom stereocenters. The summed E-state index contributed by atoms with van der Waals surface area (Å²) in [4.78, 5) is 26.2. The number of carbonyl (C=O) groups is 2. The van der Waals surface area contributed by atoms with Crippen LogP contribution in [0.25, 0.3) is 0 Å². The number of furan rings is 1. The largest absolute Gasteiger partial charge is 0.459 e. The lowest BCUT2D eigenvalue weighted by Crippen LogP contribution is -2.33. The standard InChI is InChI=1S/C18H25N3O4/c1-12(2)9-19-17(22)15-8-14(25-20-15)11-21(10-13(3)4)18(23)16-6-5-7-24-16/h5-8,12-13H,9-11H2,1-4H3,(H,19,22). The molecule has 0 aliphatic carbocycles. The smallest absolute Gasteiger partial charge is 0.289 e. The zero-order valence-electron chi connectivity index (χ0n) is 15.1. The van der Waals surface area contributed by atoms with Crippen molar-refractivity contribution < 1.29 is 18.5 Å². The van der Waals surface area contributed by atoms with Crippen LogP contribution < -0.4 is 5.32 Å². The molecule has 0 bridgehead atoms. The van der Waals surface area contributed by atoms with E-state index in [0.717, 1.165) is 0 Å². The molecule has 0 spiro atoms. The van der Waals surface area contributed by atoms with Crippen LogP contribution in [0.5, 0.6) is 0 Å². The van der Waals surface area contributed by atoms with Gasteiger partial charge in [-0.3, -0.25) is 9.59 Å². The fourth-order valence-corrected chi connectivity index (χ4v) is 2.29. The minimum atomic E-state index is -0.281. The number of rotatable bonds is 8. The van der Waals surface area contributed by atoms with Crippen molar-refractivity contribution in [2.45, 2.75) is 34.2 Å². The molecule has 0 fully saturated rings. The van der Waals surface area contributed by atoms with Crippen LogP contribution in [0.3, 0.4) is 0 Å². The van der Waals surface area contributed by atoms with E-state index >= 15 is 0 Å². The highest BCUT2D eigenvalue weighted by Gasteiger charge is 2.22. The van der Waals surface area contributed by atoms with Crippen molar-refractivity contribution in [2.24, 2.45) is 11.8 Å². The molecule has 2 amide bonds. The molecule has 1 N–H and O–H groups in total. The zero-order valence-corrected chi connectivity index (χ0v) is 15.1. The van der Waals surface area contributed by atoms with Gasteiger partial charge in [0.05, 0.1) is 12.8 Å². The third-order valence-corrected chi connectivity index (χ3v) is 3.41. The maximum Gasteiger partial charge on any atom is 0.289 e. The number of amides is 2. The Morgan fingerprint density at radius 1 is 1.24 bits per heavy atom. The molecule has 25 heavy (non-hydrogen) atoms. The normalized spacial score (nSPS) is 11.1. The van der Waals surface area contributed by atoms with Crippen molar-refractivity contribution in [1.82, 2.24) is 15.4 Å². The van der Waals surface area contributed by atoms with Gasteiger partial charge in [-0.15, -0.1) is 0 Å². The predicted molar refractivity (Wildman–Crippen MR) is 92.0 cm³/mol. The summed E-state index contributed by atoms with van der Waals surface area (Å²) in [6.45, 7) is 9.40. The molecule has 0 aromatic carbocycles. The molecule has 7 nitrogen and oxygen atoms in total. The van der Waals surface area contributed by atoms with Crippen molar-refractivity contribution in [3.05, 3.63) is 41.7 Å². The lowest BCUT2D eigenvalue weighted by molar-refractivity contribution is 0.0673. The average Bonchev–Trinajstić information content (AvgIpc) is 3.22. The number of hydrogen-bond acceptors (Lipinski definition) is 5. The highest BCUT2D eigenvalue weighted by atomic mass is 16.5. The molecule has 2 aromatic rings. The summed E-state index contributed by atoms with van der Waals surface area (Å²) in [6, 6.07) is 4.87. The van der Waals surface area contributed by atoms with Gasteiger partial charge >= 0.3 is 0 Å². The van der Waals surface area contributed by atoms with E-state index in [9.17, 15) is 9.59 Å². The SMILES string of the molecule is CC(C)CNC(=O)c1cc(CN(CC(C)C)C(=O)c2ccco2)on1. The molecule has 7 heteroatoms. The molecule has 0 aliphatic heterocycles. The molecule has 136 valence electrons. The lowest BCUT2D eigenvalue weighted by atomic mass is 10.2. The second-order valence-electron chi connectivity index (χ2n) is 6.84. The summed E-state index contributed by atoms with van der Waals surface area (Å²) in [5.74, 6) is 0.848. The van der Waals surface area contributed by atoms with Crippen LogP contribution in [0.15, 0.2) is 33.4 Å². The maximum absolute atomic E-state index is 12.6. The van der Waals surface area contributed by atoms with Gasteiger partial charge in [0, 0.05) is 19.2 Å². The molecule has 2 aromatic heterocycles. The van der Waals surface area contributed by atoms with Crippen LogP contribution in [-0.4, -0.2) is 35.0 Å². The van der Waals surface area contributed by atoms with Crippen LogP contribution >= 0.6 is 0 Å². The summed E-state index contributed by atoms with van der Waals surface area (Å²) >= 11 is 0. The Hall–Kier alpha value is -2.57. The van der Waals surface area contributed by atoms with E-state index in [2.05, 4.69) is 10.5 Å². The summed E-state index contributed by atoms with van der Waals surface area (Å²) < 4.78 is 10.4. The van der Waals surface area contributed by atoms with Crippen molar-refractivity contribution in [2.75, 3.05) is 13.1 Å². The van der Waals surface area contributed by atoms with Crippen LogP contribution in [0.2, 0.25) is 0 Å². The van der Waals surface area contributed by atoms with Gasteiger partial charge in [0.15, 0.2) is 17.2 Å². The van der Waals surface area contributed by atoms with Gasteiger partial charge < -0.3 is 19.2 Å². The molecular formula is C18H25N3O4. The van der Waals surface area contributed by atoms with Crippen LogP contribution in [0.4, 0.5) is 0 Å². The Balaban J connectivity index is 2.06. The lowest BCUT2D eigenvalue weighted by Gasteiger charge is -2.22. The summed E-state index contributed by atoms with van der Waals surface area (Å²) in [7, 11) is 0. The molecule has 2 heterocycles. The van der Waals surface area contributed by atoms with E-state index in [-0.39, 0.29) is 35.7 Å². The maximum atomic E-state index is 12.6. The van der Waals surface area contributed by atoms with Gasteiger partial charge in [-0.2, -0.15) is 0 Å². The summed E-state index contributed by atoms with van der Waals surface area (Å²) in [5.41, 5.74) is 0.214. The monoisotopic (exact) mass is 347 g/mol. The van der Waals surface area contributed by atoms with E-state index in [1.54, 1.807) is 23.1 Å². The van der Waals surface area contributed by atoms with Crippen molar-refractivity contribution in [3.63, 3.8) is 0 Å². The molecular weight excluding hydrogens is 322 g/mol. The van der Waals surface area contributed by atoms with Crippen molar-refractivity contribution in [3.8, 4) is 0 Å². The Labute approximate surface area is 147 Å². The second kappa shape index (κ2) is 8.50. The Morgan fingerprint density at radius 2 is 2.00 bits per heavy atom. The number of hydrogen-bond donors (Lipinski definition) is 1. The number of nitrogens with one attached hydrogen (secondary N) is 1. The first-order valence-electron chi connectivity index (χ1n) is 8.43. The van der Waals surface area contributed by atoms with Gasteiger partial charge in [0.25, 0.3) is 11.8 Å². The fourth-order valence-electron chi connectivity index (χ4n) is 2.29. The van der Waals surface area contributed by atoms with E-state index in [4.69, 9.17) is 8.94 Å². The fraction of sp³-hybridized carbons (Fsp3) is 0.500. The van der Waals surface area contributed by atoms with Crippen molar-refractivity contribution >= 4 is 11.8 Å². The minimum Gasteiger partial charge on any atom is -0.459 e. The van der Waals surface area contributed by atoms with Crippen LogP contribution in [0.1, 0.15) is 54.5 Å². The van der Waals surface area contributed by atoms with Gasteiger partial charge in [0.2, 0.25) is 0 Å². The Bertz CT molecular complexity index is 689. The predicted octanol–water partition coefficient (Wildman–Crippen LogP) is 2.95. The average molecular weight is 347 g/mol. The molecule has 0 aliphatic rings. The molecule has 0 saturated heterocycles. The first-order chi connectivity index (χ1) is 11.9. The highest BCUT2D eigenvalue weighted by Crippen LogP contribution is 2.14. The third-order valence-electron chi connectivity index (χ3n) is 3.41. The minimum absolute atomic E-state index is 0.214. The Morgan fingerprint density at radius 3 is 2.60 bits per heavy atom. The first kappa shape index (κ1) is 18.8. The third kappa shape index (κ3) is 5.48. The zero-order chi connectivity index (χ0) is 18.4. The first-order valence-corrected chi connectivity index (χ1v) is 8.43. The van der Waals surface area contributed by atoms with Gasteiger partial charge in [-0.05, 0) is 24.0 Å². The molecule has 0 saturated carbocycles. The molecule has 0 atom stereocenters. The molecule has 2 rings (SSSR count). The van der Waals surface area contributed by atoms with Crippen molar-refractivity contribution in [1.29, 1.82) is 0 Å². The van der Waals surface area contributed by atoms with E-state index in [1.807, 2.05) is 27.7 Å². The number of aromatic nitrogens is 1. The Kier molecular flexibility index (Phi) is 6.38. The number of nitrogens with zero attached hydrogens (tertiary/aromatic N) is 2. The topological polar surface area (TPSA) is 88.6 Å². The van der Waals surface area contributed by atoms with E-state index < -0.39 is 0 Å².